The average molecular weight is 486 g/mol. The van der Waals surface area contributed by atoms with Crippen LogP contribution in [0.4, 0.5) is 15.0 Å². The maximum absolute atomic E-state index is 14.5. The molecule has 0 spiro atoms. The number of hydrogen-bond acceptors (Lipinski definition) is 7. The lowest BCUT2D eigenvalue weighted by Gasteiger charge is -2.27. The molecule has 186 valence electrons. The zero-order valence-corrected chi connectivity index (χ0v) is 20.2. The van der Waals surface area contributed by atoms with Gasteiger partial charge in [-0.3, -0.25) is 0 Å². The Morgan fingerprint density at radius 3 is 2.80 bits per heavy atom. The first-order valence-electron chi connectivity index (χ1n) is 11.2. The van der Waals surface area contributed by atoms with Crippen molar-refractivity contribution in [3.8, 4) is 5.75 Å². The summed E-state index contributed by atoms with van der Waals surface area (Å²) in [6.45, 7) is 9.18. The second-order valence-corrected chi connectivity index (χ2v) is 9.88. The van der Waals surface area contributed by atoms with Crippen molar-refractivity contribution in [2.24, 2.45) is 0 Å². The molecule has 1 amide bonds. The normalized spacial score (nSPS) is 18.0. The third kappa shape index (κ3) is 5.28. The van der Waals surface area contributed by atoms with E-state index in [1.807, 2.05) is 13.8 Å². The summed E-state index contributed by atoms with van der Waals surface area (Å²) < 4.78 is 27.4. The van der Waals surface area contributed by atoms with Crippen LogP contribution in [0.2, 0.25) is 0 Å². The predicted molar refractivity (Wildman–Crippen MR) is 125 cm³/mol. The first-order valence-corrected chi connectivity index (χ1v) is 11.2. The van der Waals surface area contributed by atoms with E-state index in [1.165, 1.54) is 22.8 Å². The van der Waals surface area contributed by atoms with Crippen molar-refractivity contribution in [2.75, 3.05) is 11.9 Å². The van der Waals surface area contributed by atoms with Crippen molar-refractivity contribution in [3.63, 3.8) is 0 Å². The smallest absolute Gasteiger partial charge is 0.407 e. The third-order valence-electron chi connectivity index (χ3n) is 5.51. The molecular formula is C24H28FN5O5. The molecule has 3 heterocycles. The predicted octanol–water partition coefficient (Wildman–Crippen LogP) is 3.96. The van der Waals surface area contributed by atoms with Gasteiger partial charge < -0.3 is 25.2 Å². The largest absolute Gasteiger partial charge is 0.485 e. The minimum atomic E-state index is -1.13. The van der Waals surface area contributed by atoms with E-state index < -0.39 is 35.1 Å². The Kier molecular flexibility index (Phi) is 6.04. The molecule has 11 heteroatoms. The summed E-state index contributed by atoms with van der Waals surface area (Å²) in [6.07, 6.45) is 2.67. The lowest BCUT2D eigenvalue weighted by molar-refractivity contribution is 0.0447. The summed E-state index contributed by atoms with van der Waals surface area (Å²) in [5.74, 6) is -0.601. The van der Waals surface area contributed by atoms with Crippen molar-refractivity contribution in [1.29, 1.82) is 0 Å². The molecule has 0 saturated heterocycles. The maximum atomic E-state index is 14.5. The Bertz CT molecular complexity index is 1300. The molecule has 0 fully saturated rings. The minimum absolute atomic E-state index is 0.0236. The van der Waals surface area contributed by atoms with E-state index in [9.17, 15) is 19.1 Å². The molecule has 0 bridgehead atoms. The van der Waals surface area contributed by atoms with Crippen LogP contribution >= 0.6 is 0 Å². The van der Waals surface area contributed by atoms with Crippen LogP contribution in [0, 0.1) is 5.82 Å². The molecule has 1 aliphatic heterocycles. The van der Waals surface area contributed by atoms with E-state index in [2.05, 4.69) is 20.7 Å². The quantitative estimate of drug-likeness (QED) is 0.479. The van der Waals surface area contributed by atoms with Crippen LogP contribution in [0.1, 0.15) is 62.1 Å². The number of alkyl carbamates (subject to hydrolysis) is 1. The lowest BCUT2D eigenvalue weighted by atomic mass is 9.97. The second-order valence-electron chi connectivity index (χ2n) is 9.88. The van der Waals surface area contributed by atoms with Gasteiger partial charge >= 0.3 is 12.1 Å². The molecule has 1 aliphatic rings. The number of carboxylic acid groups (broad SMARTS) is 1. The number of carbonyl (C=O) groups is 2. The topological polar surface area (TPSA) is 127 Å². The Balaban J connectivity index is 1.53. The van der Waals surface area contributed by atoms with Crippen LogP contribution in [-0.4, -0.2) is 49.5 Å². The van der Waals surface area contributed by atoms with E-state index in [0.29, 0.717) is 29.1 Å². The van der Waals surface area contributed by atoms with Gasteiger partial charge in [-0.1, -0.05) is 0 Å². The fourth-order valence-corrected chi connectivity index (χ4v) is 4.01. The molecule has 0 aliphatic carbocycles. The van der Waals surface area contributed by atoms with Crippen molar-refractivity contribution in [2.45, 2.75) is 58.3 Å². The number of hydrogen-bond donors (Lipinski definition) is 3. The van der Waals surface area contributed by atoms with Gasteiger partial charge in [0.15, 0.2) is 5.65 Å². The Morgan fingerprint density at radius 1 is 1.37 bits per heavy atom. The van der Waals surface area contributed by atoms with E-state index >= 15 is 0 Å². The molecular weight excluding hydrogens is 457 g/mol. The number of halogens is 1. The van der Waals surface area contributed by atoms with Gasteiger partial charge in [0.2, 0.25) is 0 Å². The molecule has 3 N–H and O–H groups in total. The molecule has 0 radical (unpaired) electrons. The highest BCUT2D eigenvalue weighted by molar-refractivity contribution is 5.94. The van der Waals surface area contributed by atoms with Gasteiger partial charge in [-0.15, -0.1) is 0 Å². The zero-order chi connectivity index (χ0) is 25.5. The molecule has 0 saturated carbocycles. The number of anilines is 1. The van der Waals surface area contributed by atoms with Gasteiger partial charge in [-0.25, -0.2) is 23.5 Å². The highest BCUT2D eigenvalue weighted by Gasteiger charge is 2.38. The van der Waals surface area contributed by atoms with Crippen LogP contribution in [0.3, 0.4) is 0 Å². The number of ether oxygens (including phenoxy) is 2. The lowest BCUT2D eigenvalue weighted by Crippen LogP contribution is -2.45. The summed E-state index contributed by atoms with van der Waals surface area (Å²) in [5, 5.41) is 19.2. The highest BCUT2D eigenvalue weighted by Crippen LogP contribution is 2.41. The molecule has 2 atom stereocenters. The number of rotatable bonds is 6. The zero-order valence-electron chi connectivity index (χ0n) is 20.2. The number of carboxylic acids is 1. The Morgan fingerprint density at radius 2 is 2.11 bits per heavy atom. The SMILES string of the molecule is C[C@@H](Nc1ccn2ncc(C(=O)O)c2n1)c1cc(F)cc2c1OC(C)(CNC(=O)OC(C)(C)C)C2. The summed E-state index contributed by atoms with van der Waals surface area (Å²) in [5.41, 5.74) is 0.0261. The van der Waals surface area contributed by atoms with Crippen molar-refractivity contribution >= 4 is 23.5 Å². The number of carbonyl (C=O) groups excluding carboxylic acids is 1. The van der Waals surface area contributed by atoms with Crippen molar-refractivity contribution in [1.82, 2.24) is 19.9 Å². The number of aromatic carboxylic acids is 1. The monoisotopic (exact) mass is 485 g/mol. The molecule has 1 aromatic carbocycles. The average Bonchev–Trinajstić information content (AvgIpc) is 3.31. The van der Waals surface area contributed by atoms with Crippen LogP contribution in [0.5, 0.6) is 5.75 Å². The van der Waals surface area contributed by atoms with E-state index in [4.69, 9.17) is 9.47 Å². The molecule has 3 aromatic rings. The molecule has 10 nitrogen and oxygen atoms in total. The fourth-order valence-electron chi connectivity index (χ4n) is 4.01. The summed E-state index contributed by atoms with van der Waals surface area (Å²) in [4.78, 5) is 27.9. The Labute approximate surface area is 201 Å². The van der Waals surface area contributed by atoms with Crippen LogP contribution in [0.25, 0.3) is 5.65 Å². The van der Waals surface area contributed by atoms with Crippen LogP contribution < -0.4 is 15.4 Å². The second kappa shape index (κ2) is 8.71. The van der Waals surface area contributed by atoms with Crippen LogP contribution in [0.15, 0.2) is 30.6 Å². The van der Waals surface area contributed by atoms with Gasteiger partial charge in [-0.05, 0) is 52.8 Å². The first-order chi connectivity index (χ1) is 16.3. The number of fused-ring (bicyclic) bond motifs is 2. The number of amides is 1. The summed E-state index contributed by atoms with van der Waals surface area (Å²) >= 11 is 0. The number of nitrogens with one attached hydrogen (secondary N) is 2. The van der Waals surface area contributed by atoms with Gasteiger partial charge in [-0.2, -0.15) is 5.10 Å². The summed E-state index contributed by atoms with van der Waals surface area (Å²) in [6, 6.07) is 4.05. The Hall–Kier alpha value is -3.89. The van der Waals surface area contributed by atoms with E-state index in [0.717, 1.165) is 0 Å². The standard InChI is InChI=1S/C24H28FN5O5/c1-13(28-18-6-7-30-20(29-18)17(11-27-30)21(31)32)16-9-15(25)8-14-10-24(5,34-19(14)16)12-26-22(33)35-23(2,3)4/h6-9,11,13H,10,12H2,1-5H3,(H,26,33)(H,28,29)(H,31,32)/t13-,24?/m1/s1. The van der Waals surface area contributed by atoms with Crippen molar-refractivity contribution < 1.29 is 28.6 Å². The van der Waals surface area contributed by atoms with Gasteiger partial charge in [0.05, 0.1) is 18.8 Å². The van der Waals surface area contributed by atoms with Crippen molar-refractivity contribution in [3.05, 3.63) is 53.1 Å². The molecule has 4 rings (SSSR count). The number of aromatic nitrogens is 3. The number of nitrogens with zero attached hydrogens (tertiary/aromatic N) is 3. The van der Waals surface area contributed by atoms with E-state index in [-0.39, 0.29) is 17.8 Å². The third-order valence-corrected chi connectivity index (χ3v) is 5.51. The minimum Gasteiger partial charge on any atom is -0.485 e. The van der Waals surface area contributed by atoms with Gasteiger partial charge in [0.25, 0.3) is 0 Å². The van der Waals surface area contributed by atoms with E-state index in [1.54, 1.807) is 33.0 Å². The van der Waals surface area contributed by atoms with Gasteiger partial charge in [0, 0.05) is 23.7 Å². The molecule has 2 aromatic heterocycles. The molecule has 1 unspecified atom stereocenters. The highest BCUT2D eigenvalue weighted by atomic mass is 19.1. The molecule has 35 heavy (non-hydrogen) atoms. The first kappa shape index (κ1) is 24.2. The fraction of sp³-hybridized carbons (Fsp3) is 0.417. The van der Waals surface area contributed by atoms with Crippen LogP contribution in [-0.2, 0) is 11.2 Å². The number of benzene rings is 1. The van der Waals surface area contributed by atoms with Gasteiger partial charge in [0.1, 0.15) is 34.2 Å². The maximum Gasteiger partial charge on any atom is 0.407 e. The summed E-state index contributed by atoms with van der Waals surface area (Å²) in [7, 11) is 0.